The van der Waals surface area contributed by atoms with E-state index in [4.69, 9.17) is 12.2 Å². The standard InChI is InChI=1S/C11H10FNS/c12-10-4-2-1-3-9(10)5-8-6-11(14)13-7-8/h1-4,7H,5-6H2,(H,13,14). The highest BCUT2D eigenvalue weighted by molar-refractivity contribution is 7.80. The Morgan fingerprint density at radius 2 is 2.14 bits per heavy atom. The molecule has 0 saturated heterocycles. The van der Waals surface area contributed by atoms with E-state index in [1.165, 1.54) is 6.07 Å². The number of rotatable bonds is 2. The molecule has 0 fully saturated rings. The second-order valence-electron chi connectivity index (χ2n) is 3.32. The van der Waals surface area contributed by atoms with Crippen LogP contribution in [-0.4, -0.2) is 4.99 Å². The van der Waals surface area contributed by atoms with Crippen LogP contribution in [0.25, 0.3) is 0 Å². The van der Waals surface area contributed by atoms with Crippen molar-refractivity contribution in [3.63, 3.8) is 0 Å². The van der Waals surface area contributed by atoms with Crippen molar-refractivity contribution in [3.05, 3.63) is 47.4 Å². The third-order valence-electron chi connectivity index (χ3n) is 2.20. The Labute approximate surface area is 87.6 Å². The number of hydrogen-bond acceptors (Lipinski definition) is 1. The molecule has 1 aliphatic heterocycles. The van der Waals surface area contributed by atoms with Crippen molar-refractivity contribution >= 4 is 17.2 Å². The lowest BCUT2D eigenvalue weighted by Crippen LogP contribution is -2.05. The van der Waals surface area contributed by atoms with Gasteiger partial charge in [-0.15, -0.1) is 0 Å². The van der Waals surface area contributed by atoms with Gasteiger partial charge in [0.15, 0.2) is 0 Å². The molecule has 1 aromatic rings. The van der Waals surface area contributed by atoms with E-state index in [2.05, 4.69) is 5.32 Å². The largest absolute Gasteiger partial charge is 0.356 e. The van der Waals surface area contributed by atoms with Gasteiger partial charge in [0.2, 0.25) is 0 Å². The van der Waals surface area contributed by atoms with Gasteiger partial charge >= 0.3 is 0 Å². The van der Waals surface area contributed by atoms with Gasteiger partial charge in [-0.2, -0.15) is 0 Å². The van der Waals surface area contributed by atoms with Crippen LogP contribution in [0.5, 0.6) is 0 Å². The van der Waals surface area contributed by atoms with Crippen LogP contribution < -0.4 is 5.32 Å². The molecule has 1 N–H and O–H groups in total. The molecule has 0 atom stereocenters. The summed E-state index contributed by atoms with van der Waals surface area (Å²) in [6, 6.07) is 6.83. The van der Waals surface area contributed by atoms with Crippen molar-refractivity contribution in [1.29, 1.82) is 0 Å². The Morgan fingerprint density at radius 3 is 2.79 bits per heavy atom. The molecule has 14 heavy (non-hydrogen) atoms. The first kappa shape index (κ1) is 9.34. The van der Waals surface area contributed by atoms with Gasteiger partial charge < -0.3 is 5.32 Å². The molecule has 0 saturated carbocycles. The minimum absolute atomic E-state index is 0.147. The molecule has 0 unspecified atom stereocenters. The summed E-state index contributed by atoms with van der Waals surface area (Å²) in [7, 11) is 0. The number of halogens is 1. The average molecular weight is 207 g/mol. The molecule has 0 amide bonds. The molecule has 0 aliphatic carbocycles. The second-order valence-corrected chi connectivity index (χ2v) is 3.81. The first-order chi connectivity index (χ1) is 6.75. The molecule has 0 aromatic heterocycles. The summed E-state index contributed by atoms with van der Waals surface area (Å²) in [5.41, 5.74) is 1.87. The molecule has 0 bridgehead atoms. The lowest BCUT2D eigenvalue weighted by Gasteiger charge is -2.02. The predicted molar refractivity (Wildman–Crippen MR) is 58.5 cm³/mol. The first-order valence-corrected chi connectivity index (χ1v) is 4.87. The zero-order valence-electron chi connectivity index (χ0n) is 7.59. The fourth-order valence-corrected chi connectivity index (χ4v) is 1.74. The average Bonchev–Trinajstić information content (AvgIpc) is 2.56. The van der Waals surface area contributed by atoms with Gasteiger partial charge in [-0.3, -0.25) is 0 Å². The van der Waals surface area contributed by atoms with Crippen LogP contribution in [0.1, 0.15) is 12.0 Å². The van der Waals surface area contributed by atoms with Crippen LogP contribution in [-0.2, 0) is 6.42 Å². The fourth-order valence-electron chi connectivity index (χ4n) is 1.49. The van der Waals surface area contributed by atoms with Crippen molar-refractivity contribution in [1.82, 2.24) is 5.32 Å². The SMILES string of the molecule is Fc1ccccc1CC1=CNC(=S)C1. The molecular formula is C11H10FNS. The highest BCUT2D eigenvalue weighted by Gasteiger charge is 2.11. The van der Waals surface area contributed by atoms with Crippen LogP contribution in [0.4, 0.5) is 4.39 Å². The second kappa shape index (κ2) is 3.88. The maximum Gasteiger partial charge on any atom is 0.126 e. The number of benzene rings is 1. The molecule has 1 heterocycles. The summed E-state index contributed by atoms with van der Waals surface area (Å²) < 4.78 is 13.3. The van der Waals surface area contributed by atoms with Gasteiger partial charge in [0, 0.05) is 12.6 Å². The van der Waals surface area contributed by atoms with Crippen molar-refractivity contribution in [2.75, 3.05) is 0 Å². The molecule has 1 nitrogen and oxygen atoms in total. The van der Waals surface area contributed by atoms with E-state index in [-0.39, 0.29) is 5.82 Å². The van der Waals surface area contributed by atoms with Crippen LogP contribution in [0.2, 0.25) is 0 Å². The third-order valence-corrected chi connectivity index (χ3v) is 2.46. The van der Waals surface area contributed by atoms with E-state index in [0.29, 0.717) is 6.42 Å². The summed E-state index contributed by atoms with van der Waals surface area (Å²) in [4.78, 5) is 0.816. The van der Waals surface area contributed by atoms with Crippen LogP contribution in [0.3, 0.4) is 0 Å². The van der Waals surface area contributed by atoms with Crippen molar-refractivity contribution < 1.29 is 4.39 Å². The van der Waals surface area contributed by atoms with Gasteiger partial charge in [0.1, 0.15) is 5.82 Å². The molecule has 0 radical (unpaired) electrons. The zero-order valence-corrected chi connectivity index (χ0v) is 8.40. The smallest absolute Gasteiger partial charge is 0.126 e. The lowest BCUT2D eigenvalue weighted by atomic mass is 10.0. The molecule has 72 valence electrons. The Balaban J connectivity index is 2.12. The highest BCUT2D eigenvalue weighted by Crippen LogP contribution is 2.17. The van der Waals surface area contributed by atoms with Crippen LogP contribution >= 0.6 is 12.2 Å². The highest BCUT2D eigenvalue weighted by atomic mass is 32.1. The van der Waals surface area contributed by atoms with E-state index in [9.17, 15) is 4.39 Å². The summed E-state index contributed by atoms with van der Waals surface area (Å²) in [6.07, 6.45) is 3.26. The zero-order chi connectivity index (χ0) is 9.97. The molecule has 3 heteroatoms. The number of nitrogens with one attached hydrogen (secondary N) is 1. The van der Waals surface area contributed by atoms with Crippen molar-refractivity contribution in [2.24, 2.45) is 0 Å². The Kier molecular flexibility index (Phi) is 2.59. The van der Waals surface area contributed by atoms with Gasteiger partial charge in [-0.05, 0) is 23.6 Å². The molecule has 2 rings (SSSR count). The van der Waals surface area contributed by atoms with E-state index in [1.807, 2.05) is 12.3 Å². The van der Waals surface area contributed by atoms with E-state index in [1.54, 1.807) is 12.1 Å². The van der Waals surface area contributed by atoms with Crippen molar-refractivity contribution in [2.45, 2.75) is 12.8 Å². The number of hydrogen-bond donors (Lipinski definition) is 1. The van der Waals surface area contributed by atoms with Gasteiger partial charge in [0.25, 0.3) is 0 Å². The summed E-state index contributed by atoms with van der Waals surface area (Å²) in [5.74, 6) is -0.147. The van der Waals surface area contributed by atoms with Gasteiger partial charge in [0.05, 0.1) is 4.99 Å². The van der Waals surface area contributed by atoms with E-state index in [0.717, 1.165) is 22.5 Å². The van der Waals surface area contributed by atoms with E-state index >= 15 is 0 Å². The maximum absolute atomic E-state index is 13.3. The Hall–Kier alpha value is -1.22. The quantitative estimate of drug-likeness (QED) is 0.748. The summed E-state index contributed by atoms with van der Waals surface area (Å²) >= 11 is 4.99. The Morgan fingerprint density at radius 1 is 1.36 bits per heavy atom. The van der Waals surface area contributed by atoms with E-state index < -0.39 is 0 Å². The molecule has 1 aliphatic rings. The topological polar surface area (TPSA) is 12.0 Å². The maximum atomic E-state index is 13.3. The summed E-state index contributed by atoms with van der Waals surface area (Å²) in [6.45, 7) is 0. The van der Waals surface area contributed by atoms with Crippen LogP contribution in [0, 0.1) is 5.82 Å². The molecule has 0 spiro atoms. The fraction of sp³-hybridized carbons (Fsp3) is 0.182. The normalized spacial score (nSPS) is 15.2. The monoisotopic (exact) mass is 207 g/mol. The molecule has 1 aromatic carbocycles. The van der Waals surface area contributed by atoms with Crippen molar-refractivity contribution in [3.8, 4) is 0 Å². The first-order valence-electron chi connectivity index (χ1n) is 4.46. The predicted octanol–water partition coefficient (Wildman–Crippen LogP) is 2.57. The van der Waals surface area contributed by atoms with Gasteiger partial charge in [-0.25, -0.2) is 4.39 Å². The third kappa shape index (κ3) is 1.99. The minimum atomic E-state index is -0.147. The lowest BCUT2D eigenvalue weighted by molar-refractivity contribution is 0.613. The molecular weight excluding hydrogens is 197 g/mol. The van der Waals surface area contributed by atoms with Gasteiger partial charge in [-0.1, -0.05) is 30.4 Å². The number of thiocarbonyl (C=S) groups is 1. The van der Waals surface area contributed by atoms with Crippen LogP contribution in [0.15, 0.2) is 36.0 Å². The Bertz CT molecular complexity index is 398. The minimum Gasteiger partial charge on any atom is -0.356 e. The summed E-state index contributed by atoms with van der Waals surface area (Å²) in [5, 5.41) is 2.96.